The Morgan fingerprint density at radius 3 is 2.64 bits per heavy atom. The summed E-state index contributed by atoms with van der Waals surface area (Å²) >= 11 is 0. The summed E-state index contributed by atoms with van der Waals surface area (Å²) in [5, 5.41) is 10.4. The Bertz CT molecular complexity index is 525. The van der Waals surface area contributed by atoms with Crippen LogP contribution in [0.2, 0.25) is 0 Å². The molecule has 1 saturated heterocycles. The van der Waals surface area contributed by atoms with Crippen LogP contribution in [0.4, 0.5) is 0 Å². The molecule has 2 rings (SSSR count). The number of guanidine groups is 1. The molecular weight excluding hydrogens is 320 g/mol. The van der Waals surface area contributed by atoms with Crippen molar-refractivity contribution in [2.45, 2.75) is 40.2 Å². The first-order valence-corrected chi connectivity index (χ1v) is 9.23. The van der Waals surface area contributed by atoms with Gasteiger partial charge in [0.25, 0.3) is 0 Å². The Labute approximate surface area is 150 Å². The number of hydrogen-bond donors (Lipinski definition) is 2. The van der Waals surface area contributed by atoms with Gasteiger partial charge in [0, 0.05) is 38.6 Å². The van der Waals surface area contributed by atoms with Gasteiger partial charge in [0.15, 0.2) is 11.8 Å². The Hall–Kier alpha value is -1.67. The van der Waals surface area contributed by atoms with Gasteiger partial charge in [-0.25, -0.2) is 0 Å². The van der Waals surface area contributed by atoms with Crippen molar-refractivity contribution in [3.05, 3.63) is 11.7 Å². The van der Waals surface area contributed by atoms with E-state index in [2.05, 4.69) is 46.4 Å². The van der Waals surface area contributed by atoms with Crippen molar-refractivity contribution >= 4 is 5.96 Å². The van der Waals surface area contributed by atoms with Crippen LogP contribution in [-0.4, -0.2) is 73.0 Å². The first-order chi connectivity index (χ1) is 12.1. The summed E-state index contributed by atoms with van der Waals surface area (Å²) in [5.41, 5.74) is 0. The fourth-order valence-corrected chi connectivity index (χ4v) is 2.91. The van der Waals surface area contributed by atoms with Crippen LogP contribution in [0.5, 0.6) is 0 Å². The molecule has 2 heterocycles. The topological polar surface area (TPSA) is 87.8 Å². The van der Waals surface area contributed by atoms with E-state index >= 15 is 0 Å². The predicted molar refractivity (Wildman–Crippen MR) is 97.7 cm³/mol. The zero-order chi connectivity index (χ0) is 18.1. The van der Waals surface area contributed by atoms with Crippen LogP contribution < -0.4 is 10.6 Å². The molecule has 0 radical (unpaired) electrons. The molecule has 8 nitrogen and oxygen atoms in total. The van der Waals surface area contributed by atoms with Gasteiger partial charge in [-0.2, -0.15) is 4.98 Å². The molecule has 0 spiro atoms. The number of aryl methyl sites for hydroxylation is 1. The maximum absolute atomic E-state index is 5.47. The summed E-state index contributed by atoms with van der Waals surface area (Å²) < 4.78 is 10.6. The van der Waals surface area contributed by atoms with E-state index in [1.807, 2.05) is 6.92 Å². The van der Waals surface area contributed by atoms with Crippen molar-refractivity contribution in [1.29, 1.82) is 0 Å². The Balaban J connectivity index is 1.87. The molecule has 1 aliphatic rings. The molecular formula is C17H32N6O2. The van der Waals surface area contributed by atoms with Gasteiger partial charge in [0.05, 0.1) is 19.8 Å². The largest absolute Gasteiger partial charge is 0.379 e. The maximum Gasteiger partial charge on any atom is 0.228 e. The highest BCUT2D eigenvalue weighted by molar-refractivity contribution is 5.79. The molecule has 2 N–H and O–H groups in total. The van der Waals surface area contributed by atoms with E-state index in [1.165, 1.54) is 0 Å². The third-order valence-corrected chi connectivity index (χ3v) is 4.27. The van der Waals surface area contributed by atoms with Crippen LogP contribution in [-0.2, 0) is 11.2 Å². The maximum atomic E-state index is 5.47. The minimum absolute atomic E-state index is 0.429. The molecule has 0 saturated carbocycles. The van der Waals surface area contributed by atoms with Crippen molar-refractivity contribution < 1.29 is 9.26 Å². The van der Waals surface area contributed by atoms with Crippen molar-refractivity contribution in [2.24, 2.45) is 10.9 Å². The third kappa shape index (κ3) is 6.62. The first kappa shape index (κ1) is 19.7. The number of rotatable bonds is 8. The van der Waals surface area contributed by atoms with Crippen molar-refractivity contribution in [3.63, 3.8) is 0 Å². The lowest BCUT2D eigenvalue weighted by molar-refractivity contribution is 0.00867. The van der Waals surface area contributed by atoms with Gasteiger partial charge >= 0.3 is 0 Å². The fourth-order valence-electron chi connectivity index (χ4n) is 2.91. The number of ether oxygens (including phenoxy) is 1. The number of morpholine rings is 1. The second-order valence-electron chi connectivity index (χ2n) is 6.59. The number of hydrogen-bond acceptors (Lipinski definition) is 6. The second kappa shape index (κ2) is 10.4. The summed E-state index contributed by atoms with van der Waals surface area (Å²) in [6, 6.07) is 0.429. The van der Waals surface area contributed by atoms with Gasteiger partial charge in [-0.3, -0.25) is 9.89 Å². The molecule has 1 aliphatic heterocycles. The normalized spacial score (nSPS) is 17.7. The first-order valence-electron chi connectivity index (χ1n) is 9.23. The molecule has 1 fully saturated rings. The molecule has 0 bridgehead atoms. The highest BCUT2D eigenvalue weighted by Crippen LogP contribution is 2.13. The average Bonchev–Trinajstić information content (AvgIpc) is 3.01. The quantitative estimate of drug-likeness (QED) is 0.529. The summed E-state index contributed by atoms with van der Waals surface area (Å²) in [4.78, 5) is 11.5. The minimum atomic E-state index is 0.429. The summed E-state index contributed by atoms with van der Waals surface area (Å²) in [7, 11) is 0. The lowest BCUT2D eigenvalue weighted by atomic mass is 10.0. The van der Waals surface area contributed by atoms with E-state index in [1.54, 1.807) is 0 Å². The zero-order valence-corrected chi connectivity index (χ0v) is 15.9. The molecule has 142 valence electrons. The number of aliphatic imine (C=N–C) groups is 1. The molecule has 1 aromatic heterocycles. The fraction of sp³-hybridized carbons (Fsp3) is 0.824. The highest BCUT2D eigenvalue weighted by Gasteiger charge is 2.23. The SMILES string of the molecule is CCNC(=NCC(C(C)C)N1CCOCC1)NCCc1nc(C)no1. The Kier molecular flexibility index (Phi) is 8.14. The van der Waals surface area contributed by atoms with Crippen LogP contribution in [0.3, 0.4) is 0 Å². The molecule has 1 aromatic rings. The molecule has 1 unspecified atom stereocenters. The molecule has 0 amide bonds. The Morgan fingerprint density at radius 2 is 2.04 bits per heavy atom. The smallest absolute Gasteiger partial charge is 0.228 e. The van der Waals surface area contributed by atoms with E-state index in [4.69, 9.17) is 14.3 Å². The van der Waals surface area contributed by atoms with Crippen molar-refractivity contribution in [1.82, 2.24) is 25.7 Å². The van der Waals surface area contributed by atoms with Crippen LogP contribution >= 0.6 is 0 Å². The molecule has 0 aliphatic carbocycles. The summed E-state index contributed by atoms with van der Waals surface area (Å²) in [6.45, 7) is 14.3. The summed E-state index contributed by atoms with van der Waals surface area (Å²) in [6.07, 6.45) is 0.683. The number of nitrogens with one attached hydrogen (secondary N) is 2. The van der Waals surface area contributed by atoms with Crippen molar-refractivity contribution in [3.8, 4) is 0 Å². The van der Waals surface area contributed by atoms with Gasteiger partial charge < -0.3 is 19.9 Å². The summed E-state index contributed by atoms with van der Waals surface area (Å²) in [5.74, 6) is 2.69. The highest BCUT2D eigenvalue weighted by atomic mass is 16.5. The van der Waals surface area contributed by atoms with Crippen LogP contribution in [0, 0.1) is 12.8 Å². The van der Waals surface area contributed by atoms with E-state index < -0.39 is 0 Å². The van der Waals surface area contributed by atoms with Gasteiger partial charge in [-0.1, -0.05) is 19.0 Å². The second-order valence-corrected chi connectivity index (χ2v) is 6.59. The zero-order valence-electron chi connectivity index (χ0n) is 15.9. The van der Waals surface area contributed by atoms with E-state index in [0.717, 1.165) is 45.4 Å². The standard InChI is InChI=1S/C17H32N6O2/c1-5-18-17(19-7-6-16-21-14(4)22-25-16)20-12-15(13(2)3)23-8-10-24-11-9-23/h13,15H,5-12H2,1-4H3,(H2,18,19,20). The Morgan fingerprint density at radius 1 is 1.28 bits per heavy atom. The van der Waals surface area contributed by atoms with Crippen LogP contribution in [0.25, 0.3) is 0 Å². The molecule has 8 heteroatoms. The van der Waals surface area contributed by atoms with Gasteiger partial charge in [0.1, 0.15) is 0 Å². The van der Waals surface area contributed by atoms with Crippen molar-refractivity contribution in [2.75, 3.05) is 45.9 Å². The van der Waals surface area contributed by atoms with Gasteiger partial charge in [-0.15, -0.1) is 0 Å². The van der Waals surface area contributed by atoms with E-state index in [0.29, 0.717) is 36.6 Å². The lowest BCUT2D eigenvalue weighted by Crippen LogP contribution is -2.48. The lowest BCUT2D eigenvalue weighted by Gasteiger charge is -2.36. The molecule has 25 heavy (non-hydrogen) atoms. The number of nitrogens with zero attached hydrogens (tertiary/aromatic N) is 4. The third-order valence-electron chi connectivity index (χ3n) is 4.27. The molecule has 1 atom stereocenters. The number of aromatic nitrogens is 2. The average molecular weight is 352 g/mol. The van der Waals surface area contributed by atoms with Crippen LogP contribution in [0.15, 0.2) is 9.52 Å². The van der Waals surface area contributed by atoms with Crippen LogP contribution in [0.1, 0.15) is 32.5 Å². The predicted octanol–water partition coefficient (Wildman–Crippen LogP) is 0.832. The minimum Gasteiger partial charge on any atom is -0.379 e. The van der Waals surface area contributed by atoms with Gasteiger partial charge in [0.2, 0.25) is 5.89 Å². The molecule has 0 aromatic carbocycles. The van der Waals surface area contributed by atoms with Gasteiger partial charge in [-0.05, 0) is 19.8 Å². The van der Waals surface area contributed by atoms with E-state index in [9.17, 15) is 0 Å². The van der Waals surface area contributed by atoms with E-state index in [-0.39, 0.29) is 0 Å². The monoisotopic (exact) mass is 352 g/mol.